The smallest absolute Gasteiger partial charge is 0.228 e. The van der Waals surface area contributed by atoms with Crippen molar-refractivity contribution in [3.8, 4) is 5.75 Å². The lowest BCUT2D eigenvalue weighted by atomic mass is 10.1. The molecule has 0 N–H and O–H groups in total. The lowest BCUT2D eigenvalue weighted by Crippen LogP contribution is -1.95. The summed E-state index contributed by atoms with van der Waals surface area (Å²) in [4.78, 5) is 0. The van der Waals surface area contributed by atoms with E-state index in [0.29, 0.717) is 12.2 Å². The maximum absolute atomic E-state index is 12.6. The summed E-state index contributed by atoms with van der Waals surface area (Å²) in [7, 11) is 0. The van der Waals surface area contributed by atoms with Gasteiger partial charge in [-0.15, -0.1) is 0 Å². The van der Waals surface area contributed by atoms with Gasteiger partial charge in [0, 0.05) is 6.07 Å². The summed E-state index contributed by atoms with van der Waals surface area (Å²) < 4.78 is 29.0. The van der Waals surface area contributed by atoms with Gasteiger partial charge in [0.1, 0.15) is 11.6 Å². The molecule has 0 amide bonds. The number of aryl methyl sites for hydroxylation is 1. The van der Waals surface area contributed by atoms with E-state index in [4.69, 9.17) is 0 Å². The van der Waals surface area contributed by atoms with E-state index in [1.165, 1.54) is 12.1 Å². The maximum atomic E-state index is 12.6. The molecule has 0 fully saturated rings. The molecule has 66 valence electrons. The fourth-order valence-corrected chi connectivity index (χ4v) is 1.01. The van der Waals surface area contributed by atoms with Crippen LogP contribution in [0.15, 0.2) is 18.2 Å². The third kappa shape index (κ3) is 1.94. The van der Waals surface area contributed by atoms with Gasteiger partial charge in [0.2, 0.25) is 6.86 Å². The highest BCUT2D eigenvalue weighted by molar-refractivity contribution is 5.33. The van der Waals surface area contributed by atoms with Crippen LogP contribution in [0.1, 0.15) is 12.5 Å². The molecular weight excluding hydrogens is 162 g/mol. The summed E-state index contributed by atoms with van der Waals surface area (Å²) in [5.41, 5.74) is 0.814. The first-order chi connectivity index (χ1) is 5.77. The number of hydrogen-bond donors (Lipinski definition) is 0. The fourth-order valence-electron chi connectivity index (χ4n) is 1.01. The molecule has 0 aliphatic heterocycles. The van der Waals surface area contributed by atoms with Crippen LogP contribution in [-0.2, 0) is 6.42 Å². The van der Waals surface area contributed by atoms with E-state index in [1.807, 2.05) is 6.92 Å². The van der Waals surface area contributed by atoms with Crippen molar-refractivity contribution in [1.82, 2.24) is 0 Å². The molecule has 1 aromatic carbocycles. The predicted molar refractivity (Wildman–Crippen MR) is 42.4 cm³/mol. The summed E-state index contributed by atoms with van der Waals surface area (Å²) >= 11 is 0. The molecule has 0 aliphatic carbocycles. The van der Waals surface area contributed by atoms with E-state index in [0.717, 1.165) is 5.56 Å². The van der Waals surface area contributed by atoms with E-state index < -0.39 is 12.7 Å². The Hall–Kier alpha value is -1.12. The molecule has 12 heavy (non-hydrogen) atoms. The zero-order valence-electron chi connectivity index (χ0n) is 6.81. The zero-order valence-corrected chi connectivity index (χ0v) is 6.81. The Labute approximate surface area is 70.0 Å². The minimum Gasteiger partial charge on any atom is -0.463 e. The van der Waals surface area contributed by atoms with Crippen LogP contribution in [0.4, 0.5) is 8.78 Å². The Balaban J connectivity index is 2.95. The number of halogens is 2. The summed E-state index contributed by atoms with van der Waals surface area (Å²) in [6, 6.07) is 4.13. The molecule has 3 heteroatoms. The molecular formula is C9H10F2O. The van der Waals surface area contributed by atoms with Crippen LogP contribution < -0.4 is 4.74 Å². The number of rotatable bonds is 3. The van der Waals surface area contributed by atoms with Crippen molar-refractivity contribution in [3.63, 3.8) is 0 Å². The number of alkyl halides is 1. The molecule has 1 rings (SSSR count). The van der Waals surface area contributed by atoms with E-state index in [2.05, 4.69) is 4.74 Å². The second kappa shape index (κ2) is 4.04. The molecule has 0 unspecified atom stereocenters. The predicted octanol–water partition coefficient (Wildman–Crippen LogP) is 2.69. The number of benzene rings is 1. The molecule has 0 radical (unpaired) electrons. The Morgan fingerprint density at radius 2 is 2.17 bits per heavy atom. The standard InChI is InChI=1S/C9H10F2O/c1-2-7-3-4-8(11)5-9(7)12-6-10/h3-5H,2,6H2,1H3. The Bertz CT molecular complexity index is 261. The third-order valence-corrected chi connectivity index (χ3v) is 1.62. The summed E-state index contributed by atoms with van der Waals surface area (Å²) in [6.45, 7) is 0.981. The van der Waals surface area contributed by atoms with Crippen LogP contribution in [0.25, 0.3) is 0 Å². The normalized spacial score (nSPS) is 9.92. The first-order valence-corrected chi connectivity index (χ1v) is 3.75. The van der Waals surface area contributed by atoms with Crippen molar-refractivity contribution < 1.29 is 13.5 Å². The highest BCUT2D eigenvalue weighted by Crippen LogP contribution is 2.20. The Morgan fingerprint density at radius 1 is 1.42 bits per heavy atom. The first-order valence-electron chi connectivity index (χ1n) is 3.75. The van der Waals surface area contributed by atoms with Crippen LogP contribution in [0.5, 0.6) is 5.75 Å². The number of hydrogen-bond acceptors (Lipinski definition) is 1. The molecule has 0 heterocycles. The molecule has 0 saturated carbocycles. The summed E-state index contributed by atoms with van der Waals surface area (Å²) in [5, 5.41) is 0. The van der Waals surface area contributed by atoms with Gasteiger partial charge in [-0.2, -0.15) is 0 Å². The fraction of sp³-hybridized carbons (Fsp3) is 0.333. The molecule has 1 aromatic rings. The summed E-state index contributed by atoms with van der Waals surface area (Å²) in [6.07, 6.45) is 0.704. The van der Waals surface area contributed by atoms with Crippen LogP contribution in [0.2, 0.25) is 0 Å². The summed E-state index contributed by atoms with van der Waals surface area (Å²) in [5.74, 6) is -0.115. The van der Waals surface area contributed by atoms with Gasteiger partial charge in [-0.1, -0.05) is 13.0 Å². The molecule has 0 aliphatic rings. The van der Waals surface area contributed by atoms with Crippen molar-refractivity contribution in [2.45, 2.75) is 13.3 Å². The van der Waals surface area contributed by atoms with Crippen LogP contribution in [0.3, 0.4) is 0 Å². The highest BCUT2D eigenvalue weighted by Gasteiger charge is 2.02. The van der Waals surface area contributed by atoms with Crippen LogP contribution >= 0.6 is 0 Å². The van der Waals surface area contributed by atoms with Crippen molar-refractivity contribution in [2.75, 3.05) is 6.86 Å². The number of ether oxygens (including phenoxy) is 1. The van der Waals surface area contributed by atoms with Crippen molar-refractivity contribution >= 4 is 0 Å². The van der Waals surface area contributed by atoms with Crippen LogP contribution in [-0.4, -0.2) is 6.86 Å². The minimum absolute atomic E-state index is 0.292. The van der Waals surface area contributed by atoms with E-state index in [1.54, 1.807) is 6.07 Å². The average Bonchev–Trinajstić information content (AvgIpc) is 2.05. The van der Waals surface area contributed by atoms with Gasteiger partial charge in [0.15, 0.2) is 0 Å². The maximum Gasteiger partial charge on any atom is 0.228 e. The topological polar surface area (TPSA) is 9.23 Å². The quantitative estimate of drug-likeness (QED) is 0.681. The average molecular weight is 172 g/mol. The van der Waals surface area contributed by atoms with Crippen molar-refractivity contribution in [1.29, 1.82) is 0 Å². The van der Waals surface area contributed by atoms with E-state index >= 15 is 0 Å². The Kier molecular flexibility index (Phi) is 3.02. The van der Waals surface area contributed by atoms with E-state index in [-0.39, 0.29) is 0 Å². The molecule has 0 spiro atoms. The molecule has 1 nitrogen and oxygen atoms in total. The molecule has 0 saturated heterocycles. The Morgan fingerprint density at radius 3 is 2.75 bits per heavy atom. The lowest BCUT2D eigenvalue weighted by Gasteiger charge is -2.06. The van der Waals surface area contributed by atoms with Crippen molar-refractivity contribution in [2.24, 2.45) is 0 Å². The minimum atomic E-state index is -0.920. The highest BCUT2D eigenvalue weighted by atomic mass is 19.1. The van der Waals surface area contributed by atoms with Gasteiger partial charge in [-0.3, -0.25) is 0 Å². The van der Waals surface area contributed by atoms with Gasteiger partial charge in [0.25, 0.3) is 0 Å². The lowest BCUT2D eigenvalue weighted by molar-refractivity contribution is 0.189. The zero-order chi connectivity index (χ0) is 8.97. The first kappa shape index (κ1) is 8.97. The molecule has 0 bridgehead atoms. The van der Waals surface area contributed by atoms with Gasteiger partial charge >= 0.3 is 0 Å². The van der Waals surface area contributed by atoms with Gasteiger partial charge in [0.05, 0.1) is 0 Å². The largest absolute Gasteiger partial charge is 0.463 e. The van der Waals surface area contributed by atoms with Crippen molar-refractivity contribution in [3.05, 3.63) is 29.6 Å². The van der Waals surface area contributed by atoms with Gasteiger partial charge in [-0.25, -0.2) is 8.78 Å². The molecule has 0 atom stereocenters. The van der Waals surface area contributed by atoms with Gasteiger partial charge < -0.3 is 4.74 Å². The van der Waals surface area contributed by atoms with E-state index in [9.17, 15) is 8.78 Å². The second-order valence-electron chi connectivity index (χ2n) is 2.36. The second-order valence-corrected chi connectivity index (χ2v) is 2.36. The monoisotopic (exact) mass is 172 g/mol. The third-order valence-electron chi connectivity index (χ3n) is 1.62. The van der Waals surface area contributed by atoms with Gasteiger partial charge in [-0.05, 0) is 18.1 Å². The van der Waals surface area contributed by atoms with Crippen LogP contribution in [0, 0.1) is 5.82 Å². The SMILES string of the molecule is CCc1ccc(F)cc1OCF. The molecule has 0 aromatic heterocycles.